The normalized spacial score (nSPS) is 10.3. The van der Waals surface area contributed by atoms with Crippen LogP contribution in [0.15, 0.2) is 30.4 Å². The molecule has 0 atom stereocenters. The largest absolute Gasteiger partial charge is 0.497 e. The van der Waals surface area contributed by atoms with E-state index in [1.54, 1.807) is 18.2 Å². The van der Waals surface area contributed by atoms with Crippen LogP contribution in [0.4, 0.5) is 5.69 Å². The number of rotatable bonds is 5. The number of nitrogens with zero attached hydrogens (tertiary/aromatic N) is 1. The van der Waals surface area contributed by atoms with Crippen LogP contribution >= 0.6 is 0 Å². The smallest absolute Gasteiger partial charge is 0.328 e. The first-order valence-electron chi connectivity index (χ1n) is 5.40. The highest BCUT2D eigenvalue weighted by molar-refractivity contribution is 6.04. The number of carboxylic acids is 1. The highest BCUT2D eigenvalue weighted by atomic mass is 16.5. The van der Waals surface area contributed by atoms with Crippen molar-refractivity contribution in [2.45, 2.75) is 0 Å². The molecule has 0 fully saturated rings. The number of carbonyl (C=O) groups is 2. The Balaban J connectivity index is 3.06. The molecule has 1 aromatic rings. The molecule has 0 aliphatic rings. The molecule has 19 heavy (non-hydrogen) atoms. The molecule has 1 N–H and O–H groups in total. The first-order valence-corrected chi connectivity index (χ1v) is 5.40. The third-order valence-corrected chi connectivity index (χ3v) is 2.45. The van der Waals surface area contributed by atoms with Crippen LogP contribution in [0.2, 0.25) is 0 Å². The second kappa shape index (κ2) is 6.44. The molecule has 6 heteroatoms. The average Bonchev–Trinajstić information content (AvgIpc) is 2.42. The topological polar surface area (TPSA) is 76.1 Å². The van der Waals surface area contributed by atoms with Crippen LogP contribution in [0, 0.1) is 0 Å². The summed E-state index contributed by atoms with van der Waals surface area (Å²) in [4.78, 5) is 23.5. The molecule has 1 amide bonds. The van der Waals surface area contributed by atoms with Gasteiger partial charge < -0.3 is 19.5 Å². The number of anilines is 1. The van der Waals surface area contributed by atoms with Gasteiger partial charge in [-0.05, 0) is 12.1 Å². The number of carboxylic acid groups (broad SMARTS) is 1. The summed E-state index contributed by atoms with van der Waals surface area (Å²) < 4.78 is 10.2. The molecule has 6 nitrogen and oxygen atoms in total. The van der Waals surface area contributed by atoms with Crippen molar-refractivity contribution in [3.05, 3.63) is 30.4 Å². The maximum Gasteiger partial charge on any atom is 0.328 e. The standard InChI is InChI=1S/C13H15NO5/c1-14(12(15)6-7-13(16)17)10-8-9(18-2)4-5-11(10)19-3/h4-8H,1-3H3,(H,16,17)/b7-6+. The zero-order chi connectivity index (χ0) is 14.4. The van der Waals surface area contributed by atoms with E-state index >= 15 is 0 Å². The van der Waals surface area contributed by atoms with Gasteiger partial charge in [0.15, 0.2) is 0 Å². The third-order valence-electron chi connectivity index (χ3n) is 2.45. The van der Waals surface area contributed by atoms with E-state index in [0.29, 0.717) is 17.2 Å². The lowest BCUT2D eigenvalue weighted by Crippen LogP contribution is -2.24. The van der Waals surface area contributed by atoms with Crippen LogP contribution in [0.1, 0.15) is 0 Å². The van der Waals surface area contributed by atoms with Gasteiger partial charge in [-0.3, -0.25) is 4.79 Å². The lowest BCUT2D eigenvalue weighted by molar-refractivity contribution is -0.131. The Hall–Kier alpha value is -2.50. The number of benzene rings is 1. The fourth-order valence-electron chi connectivity index (χ4n) is 1.43. The number of hydrogen-bond acceptors (Lipinski definition) is 4. The summed E-state index contributed by atoms with van der Waals surface area (Å²) in [5, 5.41) is 8.50. The second-order valence-corrected chi connectivity index (χ2v) is 3.61. The molecule has 1 rings (SSSR count). The summed E-state index contributed by atoms with van der Waals surface area (Å²) in [6.07, 6.45) is 1.76. The lowest BCUT2D eigenvalue weighted by Gasteiger charge is -2.19. The highest BCUT2D eigenvalue weighted by Gasteiger charge is 2.14. The van der Waals surface area contributed by atoms with Gasteiger partial charge in [0.05, 0.1) is 19.9 Å². The fourth-order valence-corrected chi connectivity index (χ4v) is 1.43. The molecule has 1 aromatic carbocycles. The van der Waals surface area contributed by atoms with Gasteiger partial charge in [0.2, 0.25) is 0 Å². The van der Waals surface area contributed by atoms with Crippen molar-refractivity contribution in [2.75, 3.05) is 26.2 Å². The van der Waals surface area contributed by atoms with E-state index in [4.69, 9.17) is 14.6 Å². The summed E-state index contributed by atoms with van der Waals surface area (Å²) in [6.45, 7) is 0. The minimum Gasteiger partial charge on any atom is -0.497 e. The maximum absolute atomic E-state index is 11.8. The van der Waals surface area contributed by atoms with Crippen molar-refractivity contribution in [2.24, 2.45) is 0 Å². The van der Waals surface area contributed by atoms with Crippen LogP contribution in [-0.2, 0) is 9.59 Å². The number of methoxy groups -OCH3 is 2. The molecule has 0 aliphatic heterocycles. The van der Waals surface area contributed by atoms with Crippen LogP contribution in [0.25, 0.3) is 0 Å². The van der Waals surface area contributed by atoms with Gasteiger partial charge >= 0.3 is 5.97 Å². The van der Waals surface area contributed by atoms with Gasteiger partial charge in [0, 0.05) is 25.3 Å². The number of amides is 1. The molecule has 102 valence electrons. The average molecular weight is 265 g/mol. The summed E-state index contributed by atoms with van der Waals surface area (Å²) in [5.74, 6) is -0.605. The molecule has 0 radical (unpaired) electrons. The Bertz CT molecular complexity index is 510. The summed E-state index contributed by atoms with van der Waals surface area (Å²) >= 11 is 0. The zero-order valence-corrected chi connectivity index (χ0v) is 10.9. The van der Waals surface area contributed by atoms with Gasteiger partial charge in [0.1, 0.15) is 11.5 Å². The van der Waals surface area contributed by atoms with Crippen LogP contribution < -0.4 is 14.4 Å². The van der Waals surface area contributed by atoms with Gasteiger partial charge in [-0.25, -0.2) is 4.79 Å². The third kappa shape index (κ3) is 3.74. The number of ether oxygens (including phenoxy) is 2. The van der Waals surface area contributed by atoms with E-state index < -0.39 is 11.9 Å². The van der Waals surface area contributed by atoms with E-state index in [9.17, 15) is 9.59 Å². The van der Waals surface area contributed by atoms with E-state index in [1.807, 2.05) is 0 Å². The monoisotopic (exact) mass is 265 g/mol. The second-order valence-electron chi connectivity index (χ2n) is 3.61. The minimum absolute atomic E-state index is 0.478. The Labute approximate surface area is 110 Å². The molecule has 0 aromatic heterocycles. The van der Waals surface area contributed by atoms with Crippen molar-refractivity contribution in [1.29, 1.82) is 0 Å². The van der Waals surface area contributed by atoms with E-state index in [2.05, 4.69) is 0 Å². The van der Waals surface area contributed by atoms with Gasteiger partial charge in [-0.1, -0.05) is 0 Å². The Morgan fingerprint density at radius 2 is 1.89 bits per heavy atom. The van der Waals surface area contributed by atoms with Crippen LogP contribution in [-0.4, -0.2) is 38.3 Å². The van der Waals surface area contributed by atoms with E-state index in [-0.39, 0.29) is 0 Å². The van der Waals surface area contributed by atoms with Gasteiger partial charge in [-0.2, -0.15) is 0 Å². The first kappa shape index (κ1) is 14.6. The molecule has 0 heterocycles. The van der Waals surface area contributed by atoms with Gasteiger partial charge in [0.25, 0.3) is 5.91 Å². The quantitative estimate of drug-likeness (QED) is 0.812. The van der Waals surface area contributed by atoms with Gasteiger partial charge in [-0.15, -0.1) is 0 Å². The molecule has 0 unspecified atom stereocenters. The van der Waals surface area contributed by atoms with Crippen molar-refractivity contribution in [1.82, 2.24) is 0 Å². The SMILES string of the molecule is COc1ccc(OC)c(N(C)C(=O)/C=C/C(=O)O)c1. The number of hydrogen-bond donors (Lipinski definition) is 1. The van der Waals surface area contributed by atoms with Crippen molar-refractivity contribution < 1.29 is 24.2 Å². The summed E-state index contributed by atoms with van der Waals surface area (Å²) in [6, 6.07) is 5.00. The van der Waals surface area contributed by atoms with Crippen molar-refractivity contribution >= 4 is 17.6 Å². The minimum atomic E-state index is -1.18. The summed E-state index contributed by atoms with van der Waals surface area (Å²) in [5.41, 5.74) is 0.488. The fraction of sp³-hybridized carbons (Fsp3) is 0.231. The molecule has 0 bridgehead atoms. The molecular weight excluding hydrogens is 250 g/mol. The molecule has 0 saturated heterocycles. The summed E-state index contributed by atoms with van der Waals surface area (Å²) in [7, 11) is 4.51. The molecular formula is C13H15NO5. The maximum atomic E-state index is 11.8. The van der Waals surface area contributed by atoms with E-state index in [0.717, 1.165) is 12.2 Å². The Morgan fingerprint density at radius 3 is 2.42 bits per heavy atom. The highest BCUT2D eigenvalue weighted by Crippen LogP contribution is 2.31. The number of aliphatic carboxylic acids is 1. The van der Waals surface area contributed by atoms with E-state index in [1.165, 1.54) is 26.2 Å². The molecule has 0 saturated carbocycles. The predicted octanol–water partition coefficient (Wildman–Crippen LogP) is 1.31. The van der Waals surface area contributed by atoms with Crippen molar-refractivity contribution in [3.63, 3.8) is 0 Å². The Morgan fingerprint density at radius 1 is 1.21 bits per heavy atom. The lowest BCUT2D eigenvalue weighted by atomic mass is 10.2. The number of likely N-dealkylation sites (N-methyl/N-ethyl adjacent to an activating group) is 1. The predicted molar refractivity (Wildman–Crippen MR) is 69.7 cm³/mol. The van der Waals surface area contributed by atoms with Crippen LogP contribution in [0.3, 0.4) is 0 Å². The van der Waals surface area contributed by atoms with Crippen molar-refractivity contribution in [3.8, 4) is 11.5 Å². The van der Waals surface area contributed by atoms with Crippen LogP contribution in [0.5, 0.6) is 11.5 Å². The first-order chi connectivity index (χ1) is 8.99. The molecule has 0 aliphatic carbocycles. The molecule has 0 spiro atoms. The zero-order valence-electron chi connectivity index (χ0n) is 10.9. The Kier molecular flexibility index (Phi) is 4.93. The number of carbonyl (C=O) groups excluding carboxylic acids is 1.